The van der Waals surface area contributed by atoms with Gasteiger partial charge in [-0.05, 0) is 54.8 Å². The molecule has 2 aromatic carbocycles. The zero-order chi connectivity index (χ0) is 27.4. The number of hydrogen-bond acceptors (Lipinski definition) is 7. The van der Waals surface area contributed by atoms with Crippen molar-refractivity contribution in [2.75, 3.05) is 33.3 Å². The number of aryl methyl sites for hydroxylation is 2. The van der Waals surface area contributed by atoms with Crippen molar-refractivity contribution < 1.29 is 18.8 Å². The molecule has 39 heavy (non-hydrogen) atoms. The van der Waals surface area contributed by atoms with Gasteiger partial charge >= 0.3 is 0 Å². The number of ether oxygens (including phenoxy) is 1. The predicted molar refractivity (Wildman–Crippen MR) is 145 cm³/mol. The van der Waals surface area contributed by atoms with Crippen molar-refractivity contribution in [3.63, 3.8) is 0 Å². The molecule has 3 heterocycles. The van der Waals surface area contributed by atoms with Crippen molar-refractivity contribution >= 4 is 11.8 Å². The highest BCUT2D eigenvalue weighted by atomic mass is 16.5. The Morgan fingerprint density at radius 2 is 1.79 bits per heavy atom. The molecule has 2 aromatic heterocycles. The lowest BCUT2D eigenvalue weighted by Crippen LogP contribution is -2.42. The molecular formula is C30H31N5O4. The average molecular weight is 526 g/mol. The molecule has 4 aromatic rings. The zero-order valence-corrected chi connectivity index (χ0v) is 22.4. The number of amides is 2. The summed E-state index contributed by atoms with van der Waals surface area (Å²) in [4.78, 5) is 38.3. The normalized spacial score (nSPS) is 14.4. The second-order valence-electron chi connectivity index (χ2n) is 9.76. The number of rotatable bonds is 3. The minimum Gasteiger partial charge on any atom is -0.491 e. The van der Waals surface area contributed by atoms with Gasteiger partial charge < -0.3 is 19.1 Å². The number of carbonyl (C=O) groups is 2. The van der Waals surface area contributed by atoms with Crippen LogP contribution in [0.3, 0.4) is 0 Å². The molecule has 2 bridgehead atoms. The molecule has 9 heteroatoms. The van der Waals surface area contributed by atoms with Crippen molar-refractivity contribution in [1.82, 2.24) is 24.9 Å². The number of aromatic nitrogens is 3. The molecule has 1 aliphatic heterocycles. The number of hydrogen-bond donors (Lipinski definition) is 0. The maximum atomic E-state index is 13.4. The Morgan fingerprint density at radius 1 is 0.974 bits per heavy atom. The summed E-state index contributed by atoms with van der Waals surface area (Å²) >= 11 is 0. The first-order valence-corrected chi connectivity index (χ1v) is 12.9. The average Bonchev–Trinajstić information content (AvgIpc) is 3.27. The molecule has 1 aliphatic rings. The van der Waals surface area contributed by atoms with Crippen LogP contribution < -0.4 is 4.74 Å². The summed E-state index contributed by atoms with van der Waals surface area (Å²) in [5.74, 6) is 1.22. The molecule has 0 atom stereocenters. The van der Waals surface area contributed by atoms with E-state index >= 15 is 0 Å². The molecule has 200 valence electrons. The Hall–Kier alpha value is -4.53. The van der Waals surface area contributed by atoms with Gasteiger partial charge in [0.1, 0.15) is 24.4 Å². The lowest BCUT2D eigenvalue weighted by atomic mass is 9.98. The molecule has 5 rings (SSSR count). The van der Waals surface area contributed by atoms with Crippen molar-refractivity contribution in [2.24, 2.45) is 0 Å². The fourth-order valence-electron chi connectivity index (χ4n) is 4.76. The third-order valence-electron chi connectivity index (χ3n) is 7.06. The predicted octanol–water partition coefficient (Wildman–Crippen LogP) is 3.87. The van der Waals surface area contributed by atoms with Gasteiger partial charge in [-0.3, -0.25) is 9.59 Å². The van der Waals surface area contributed by atoms with E-state index < -0.39 is 0 Å². The third-order valence-corrected chi connectivity index (χ3v) is 7.06. The first kappa shape index (κ1) is 26.1. The van der Waals surface area contributed by atoms with Crippen LogP contribution >= 0.6 is 0 Å². The highest BCUT2D eigenvalue weighted by Gasteiger charge is 2.22. The number of nitrogens with zero attached hydrogens (tertiary/aromatic N) is 5. The molecule has 0 aliphatic carbocycles. The topological polar surface area (TPSA) is 102 Å². The SMILES string of the molecule is Cc1noc(C)c1CC(=O)N1CCOc2ccc(-c3cncnc3)cc2Cc2cccc(c2)C(=O)N(C)CC1. The maximum Gasteiger partial charge on any atom is 0.253 e. The van der Waals surface area contributed by atoms with Crippen LogP contribution in [0.4, 0.5) is 0 Å². The molecule has 0 fully saturated rings. The summed E-state index contributed by atoms with van der Waals surface area (Å²) in [5.41, 5.74) is 5.97. The van der Waals surface area contributed by atoms with Crippen LogP contribution in [0, 0.1) is 13.8 Å². The van der Waals surface area contributed by atoms with Crippen molar-refractivity contribution in [3.05, 3.63) is 94.9 Å². The molecule has 0 spiro atoms. The lowest BCUT2D eigenvalue weighted by molar-refractivity contribution is -0.131. The molecule has 0 N–H and O–H groups in total. The van der Waals surface area contributed by atoms with E-state index in [9.17, 15) is 9.59 Å². The molecule has 0 saturated carbocycles. The Labute approximate surface area is 227 Å². The lowest BCUT2D eigenvalue weighted by Gasteiger charge is -2.27. The summed E-state index contributed by atoms with van der Waals surface area (Å²) in [6.45, 7) is 5.11. The fraction of sp³-hybridized carbons (Fsp3) is 0.300. The van der Waals surface area contributed by atoms with Crippen LogP contribution in [0.15, 0.2) is 65.7 Å². The Kier molecular flexibility index (Phi) is 7.67. The van der Waals surface area contributed by atoms with E-state index in [1.54, 1.807) is 29.2 Å². The summed E-state index contributed by atoms with van der Waals surface area (Å²) in [6.07, 6.45) is 5.81. The van der Waals surface area contributed by atoms with Crippen LogP contribution in [0.25, 0.3) is 11.1 Å². The largest absolute Gasteiger partial charge is 0.491 e. The first-order valence-electron chi connectivity index (χ1n) is 12.9. The van der Waals surface area contributed by atoms with Crippen LogP contribution in [-0.2, 0) is 17.6 Å². The van der Waals surface area contributed by atoms with Gasteiger partial charge in [0.15, 0.2) is 0 Å². The van der Waals surface area contributed by atoms with Crippen molar-refractivity contribution in [2.45, 2.75) is 26.7 Å². The van der Waals surface area contributed by atoms with E-state index in [1.807, 2.05) is 50.2 Å². The van der Waals surface area contributed by atoms with Crippen LogP contribution in [-0.4, -0.2) is 70.0 Å². The van der Waals surface area contributed by atoms with Gasteiger partial charge in [-0.2, -0.15) is 0 Å². The highest BCUT2D eigenvalue weighted by Crippen LogP contribution is 2.29. The Bertz CT molecular complexity index is 1460. The quantitative estimate of drug-likeness (QED) is 0.400. The van der Waals surface area contributed by atoms with Gasteiger partial charge in [-0.15, -0.1) is 0 Å². The van der Waals surface area contributed by atoms with Crippen LogP contribution in [0.5, 0.6) is 5.75 Å². The van der Waals surface area contributed by atoms with Crippen LogP contribution in [0.2, 0.25) is 0 Å². The summed E-state index contributed by atoms with van der Waals surface area (Å²) in [5, 5.41) is 3.97. The van der Waals surface area contributed by atoms with E-state index in [0.717, 1.165) is 33.6 Å². The van der Waals surface area contributed by atoms with E-state index in [1.165, 1.54) is 6.33 Å². The third kappa shape index (κ3) is 5.98. The molecule has 0 unspecified atom stereocenters. The number of likely N-dealkylation sites (N-methyl/N-ethyl adjacent to an activating group) is 1. The fourth-order valence-corrected chi connectivity index (χ4v) is 4.76. The second-order valence-corrected chi connectivity index (χ2v) is 9.76. The van der Waals surface area contributed by atoms with Crippen LogP contribution in [0.1, 0.15) is 38.5 Å². The van der Waals surface area contributed by atoms with Gasteiger partial charge in [-0.1, -0.05) is 23.4 Å². The van der Waals surface area contributed by atoms with Gasteiger partial charge in [0.2, 0.25) is 5.91 Å². The van der Waals surface area contributed by atoms with Gasteiger partial charge in [0.05, 0.1) is 18.7 Å². The number of fused-ring (bicyclic) bond motifs is 3. The molecular weight excluding hydrogens is 494 g/mol. The van der Waals surface area contributed by atoms with Crippen molar-refractivity contribution in [1.29, 1.82) is 0 Å². The zero-order valence-electron chi connectivity index (χ0n) is 22.4. The highest BCUT2D eigenvalue weighted by molar-refractivity contribution is 5.94. The van der Waals surface area contributed by atoms with E-state index in [-0.39, 0.29) is 18.2 Å². The van der Waals surface area contributed by atoms with Crippen molar-refractivity contribution in [3.8, 4) is 16.9 Å². The van der Waals surface area contributed by atoms with E-state index in [4.69, 9.17) is 9.26 Å². The standard InChI is InChI=1S/C30H31N5O4/c1-20-27(21(2)39-33-20)16-29(36)35-10-9-34(3)30(37)24-6-4-5-22(13-24)14-25-15-23(26-17-31-19-32-18-26)7-8-28(25)38-12-11-35/h4-8,13,15,17-19H,9-12,14,16H2,1-3H3. The Balaban J connectivity index is 1.46. The second kappa shape index (κ2) is 11.5. The van der Waals surface area contributed by atoms with Gasteiger partial charge in [0.25, 0.3) is 5.91 Å². The molecule has 2 amide bonds. The summed E-state index contributed by atoms with van der Waals surface area (Å²) < 4.78 is 11.5. The van der Waals surface area contributed by atoms with E-state index in [2.05, 4.69) is 21.2 Å². The van der Waals surface area contributed by atoms with E-state index in [0.29, 0.717) is 49.7 Å². The number of carbonyl (C=O) groups excluding carboxylic acids is 2. The van der Waals surface area contributed by atoms with Gasteiger partial charge in [-0.25, -0.2) is 9.97 Å². The summed E-state index contributed by atoms with van der Waals surface area (Å²) in [6, 6.07) is 13.7. The van der Waals surface area contributed by atoms with Gasteiger partial charge in [0, 0.05) is 55.6 Å². The Morgan fingerprint density at radius 3 is 2.56 bits per heavy atom. The monoisotopic (exact) mass is 525 g/mol. The first-order chi connectivity index (χ1) is 18.9. The smallest absolute Gasteiger partial charge is 0.253 e. The number of benzene rings is 2. The molecule has 0 radical (unpaired) electrons. The summed E-state index contributed by atoms with van der Waals surface area (Å²) in [7, 11) is 1.76. The minimum absolute atomic E-state index is 0.0670. The minimum atomic E-state index is -0.0845. The molecule has 0 saturated heterocycles. The molecule has 9 nitrogen and oxygen atoms in total. The maximum absolute atomic E-state index is 13.4.